The van der Waals surface area contributed by atoms with Gasteiger partial charge in [-0.25, -0.2) is 4.39 Å². The molecule has 0 bridgehead atoms. The molecule has 41 heavy (non-hydrogen) atoms. The number of hydrogen-bond acceptors (Lipinski definition) is 4. The molecule has 0 spiro atoms. The standard InChI is InChI=1S/C33H29FN6O/c1-19-10-21(12-23(34)11-19)25-8-5-9-28-26(25)14-30(38-28)32-27-15-29(36-18-31(27)39-40-32)22-13-24(17-35-16-22)37-33(41)20-6-3-2-4-7-20/h5,8-18,20,38H,2-4,6-7H2,1H3,(H,37,41)(H,39,40). The van der Waals surface area contributed by atoms with E-state index in [0.29, 0.717) is 5.69 Å². The average molecular weight is 545 g/mol. The Balaban J connectivity index is 1.23. The number of nitrogens with one attached hydrogen (secondary N) is 3. The van der Waals surface area contributed by atoms with Gasteiger partial charge < -0.3 is 10.3 Å². The molecule has 0 radical (unpaired) electrons. The van der Waals surface area contributed by atoms with E-state index < -0.39 is 0 Å². The van der Waals surface area contributed by atoms with E-state index in [-0.39, 0.29) is 17.6 Å². The van der Waals surface area contributed by atoms with Crippen molar-refractivity contribution in [1.29, 1.82) is 0 Å². The van der Waals surface area contributed by atoms with Crippen molar-refractivity contribution in [2.75, 3.05) is 5.32 Å². The molecule has 4 heterocycles. The number of aromatic amines is 2. The molecule has 204 valence electrons. The van der Waals surface area contributed by atoms with Gasteiger partial charge in [0.15, 0.2) is 0 Å². The first-order valence-corrected chi connectivity index (χ1v) is 14.0. The minimum absolute atomic E-state index is 0.0655. The van der Waals surface area contributed by atoms with Gasteiger partial charge >= 0.3 is 0 Å². The topological polar surface area (TPSA) is 99.3 Å². The number of hydrogen-bond donors (Lipinski definition) is 3. The van der Waals surface area contributed by atoms with Gasteiger partial charge in [-0.3, -0.25) is 19.9 Å². The number of benzene rings is 2. The summed E-state index contributed by atoms with van der Waals surface area (Å²) >= 11 is 0. The molecule has 0 atom stereocenters. The van der Waals surface area contributed by atoms with Crippen LogP contribution in [0.4, 0.5) is 10.1 Å². The predicted molar refractivity (Wildman–Crippen MR) is 160 cm³/mol. The Morgan fingerprint density at radius 3 is 2.66 bits per heavy atom. The van der Waals surface area contributed by atoms with Crippen molar-refractivity contribution in [3.63, 3.8) is 0 Å². The van der Waals surface area contributed by atoms with Gasteiger partial charge in [-0.15, -0.1) is 0 Å². The van der Waals surface area contributed by atoms with Crippen LogP contribution in [0.5, 0.6) is 0 Å². The minimum Gasteiger partial charge on any atom is -0.353 e. The van der Waals surface area contributed by atoms with Crippen molar-refractivity contribution < 1.29 is 9.18 Å². The molecule has 0 unspecified atom stereocenters. The van der Waals surface area contributed by atoms with Crippen LogP contribution in [0.2, 0.25) is 0 Å². The van der Waals surface area contributed by atoms with E-state index >= 15 is 0 Å². The smallest absolute Gasteiger partial charge is 0.227 e. The fourth-order valence-corrected chi connectivity index (χ4v) is 5.96. The number of halogens is 1. The molecule has 1 aliphatic carbocycles. The number of carbonyl (C=O) groups is 1. The zero-order chi connectivity index (χ0) is 27.9. The largest absolute Gasteiger partial charge is 0.353 e. The van der Waals surface area contributed by atoms with Gasteiger partial charge in [0.25, 0.3) is 0 Å². The van der Waals surface area contributed by atoms with Gasteiger partial charge in [0.05, 0.1) is 35.0 Å². The summed E-state index contributed by atoms with van der Waals surface area (Å²) in [5.41, 5.74) is 8.21. The molecule has 7 nitrogen and oxygen atoms in total. The summed E-state index contributed by atoms with van der Waals surface area (Å²) in [4.78, 5) is 25.3. The summed E-state index contributed by atoms with van der Waals surface area (Å²) in [6.45, 7) is 1.90. The van der Waals surface area contributed by atoms with Gasteiger partial charge in [-0.1, -0.05) is 37.5 Å². The lowest BCUT2D eigenvalue weighted by molar-refractivity contribution is -0.120. The Bertz CT molecular complexity index is 1900. The Morgan fingerprint density at radius 2 is 1.80 bits per heavy atom. The van der Waals surface area contributed by atoms with E-state index in [1.165, 1.54) is 12.5 Å². The number of aromatic nitrogens is 5. The molecule has 1 amide bonds. The van der Waals surface area contributed by atoms with Crippen LogP contribution in [0.3, 0.4) is 0 Å². The second-order valence-corrected chi connectivity index (χ2v) is 10.9. The number of amides is 1. The zero-order valence-electron chi connectivity index (χ0n) is 22.7. The summed E-state index contributed by atoms with van der Waals surface area (Å²) in [6.07, 6.45) is 10.5. The Kier molecular flexibility index (Phi) is 6.30. The average Bonchev–Trinajstić information content (AvgIpc) is 3.61. The molecular formula is C33H29FN6O. The fourth-order valence-electron chi connectivity index (χ4n) is 5.96. The van der Waals surface area contributed by atoms with Crippen molar-refractivity contribution in [2.45, 2.75) is 39.0 Å². The molecule has 1 aliphatic rings. The summed E-state index contributed by atoms with van der Waals surface area (Å²) < 4.78 is 14.2. The quantitative estimate of drug-likeness (QED) is 0.206. The number of H-pyrrole nitrogens is 2. The van der Waals surface area contributed by atoms with Crippen molar-refractivity contribution in [3.8, 4) is 33.8 Å². The number of nitrogens with zero attached hydrogens (tertiary/aromatic N) is 3. The highest BCUT2D eigenvalue weighted by molar-refractivity contribution is 6.01. The summed E-state index contributed by atoms with van der Waals surface area (Å²) in [5.74, 6) is -0.119. The van der Waals surface area contributed by atoms with E-state index in [9.17, 15) is 9.18 Å². The first-order chi connectivity index (χ1) is 20.0. The van der Waals surface area contributed by atoms with Crippen molar-refractivity contribution in [1.82, 2.24) is 25.1 Å². The lowest BCUT2D eigenvalue weighted by atomic mass is 9.88. The van der Waals surface area contributed by atoms with Gasteiger partial charge in [-0.05, 0) is 72.9 Å². The SMILES string of the molecule is Cc1cc(F)cc(-c2cccc3[nH]c(-c4n[nH]c5cnc(-c6cncc(NC(=O)C7CCCCC7)c6)cc45)cc23)c1. The van der Waals surface area contributed by atoms with Crippen LogP contribution in [0, 0.1) is 18.7 Å². The normalized spacial score (nSPS) is 14.1. The lowest BCUT2D eigenvalue weighted by Gasteiger charge is -2.20. The van der Waals surface area contributed by atoms with E-state index in [4.69, 9.17) is 0 Å². The highest BCUT2D eigenvalue weighted by atomic mass is 19.1. The minimum atomic E-state index is -0.252. The second-order valence-electron chi connectivity index (χ2n) is 10.9. The van der Waals surface area contributed by atoms with Crippen LogP contribution < -0.4 is 5.32 Å². The highest BCUT2D eigenvalue weighted by Gasteiger charge is 2.21. The van der Waals surface area contributed by atoms with Crippen LogP contribution in [0.25, 0.3) is 55.6 Å². The van der Waals surface area contributed by atoms with E-state index in [0.717, 1.165) is 86.8 Å². The third-order valence-electron chi connectivity index (χ3n) is 8.00. The van der Waals surface area contributed by atoms with Crippen LogP contribution in [0.1, 0.15) is 37.7 Å². The van der Waals surface area contributed by atoms with Crippen LogP contribution in [-0.4, -0.2) is 31.1 Å². The molecule has 7 rings (SSSR count). The van der Waals surface area contributed by atoms with Crippen LogP contribution in [-0.2, 0) is 4.79 Å². The fraction of sp³-hybridized carbons (Fsp3) is 0.212. The molecule has 0 aliphatic heterocycles. The summed E-state index contributed by atoms with van der Waals surface area (Å²) in [6, 6.07) is 17.0. The Hall–Kier alpha value is -4.85. The van der Waals surface area contributed by atoms with Crippen molar-refractivity contribution in [3.05, 3.63) is 84.6 Å². The van der Waals surface area contributed by atoms with Crippen LogP contribution in [0.15, 0.2) is 73.2 Å². The predicted octanol–water partition coefficient (Wildman–Crippen LogP) is 7.80. The zero-order valence-corrected chi connectivity index (χ0v) is 22.7. The molecule has 2 aromatic carbocycles. The molecule has 0 saturated heterocycles. The first kappa shape index (κ1) is 25.1. The summed E-state index contributed by atoms with van der Waals surface area (Å²) in [7, 11) is 0. The van der Waals surface area contributed by atoms with E-state index in [1.54, 1.807) is 24.7 Å². The molecule has 6 aromatic rings. The molecule has 8 heteroatoms. The number of fused-ring (bicyclic) bond motifs is 2. The van der Waals surface area contributed by atoms with E-state index in [2.05, 4.69) is 36.5 Å². The van der Waals surface area contributed by atoms with Gasteiger partial charge in [0, 0.05) is 34.0 Å². The third kappa shape index (κ3) is 4.86. The number of carbonyl (C=O) groups excluding carboxylic acids is 1. The Labute approximate surface area is 236 Å². The maximum Gasteiger partial charge on any atom is 0.227 e. The monoisotopic (exact) mass is 544 g/mol. The second kappa shape index (κ2) is 10.3. The highest BCUT2D eigenvalue weighted by Crippen LogP contribution is 2.35. The number of anilines is 1. The van der Waals surface area contributed by atoms with Gasteiger partial charge in [-0.2, -0.15) is 5.10 Å². The molecule has 1 fully saturated rings. The third-order valence-corrected chi connectivity index (χ3v) is 8.00. The number of rotatable bonds is 5. The first-order valence-electron chi connectivity index (χ1n) is 14.0. The van der Waals surface area contributed by atoms with Crippen LogP contribution >= 0.6 is 0 Å². The number of pyridine rings is 2. The molecule has 1 saturated carbocycles. The van der Waals surface area contributed by atoms with Crippen molar-refractivity contribution in [2.24, 2.45) is 5.92 Å². The number of aryl methyl sites for hydroxylation is 1. The molecule has 4 aromatic heterocycles. The maximum absolute atomic E-state index is 14.2. The molecular weight excluding hydrogens is 515 g/mol. The summed E-state index contributed by atoms with van der Waals surface area (Å²) in [5, 5.41) is 12.6. The Morgan fingerprint density at radius 1 is 0.927 bits per heavy atom. The maximum atomic E-state index is 14.2. The van der Waals surface area contributed by atoms with Gasteiger partial charge in [0.1, 0.15) is 11.5 Å². The lowest BCUT2D eigenvalue weighted by Crippen LogP contribution is -2.24. The molecule has 3 N–H and O–H groups in total. The van der Waals surface area contributed by atoms with Gasteiger partial charge in [0.2, 0.25) is 5.91 Å². The van der Waals surface area contributed by atoms with Crippen molar-refractivity contribution >= 4 is 33.4 Å². The van der Waals surface area contributed by atoms with E-state index in [1.807, 2.05) is 43.3 Å².